The molecule has 0 bridgehead atoms. The molecule has 116 valence electrons. The first-order chi connectivity index (χ1) is 10.6. The lowest BCUT2D eigenvalue weighted by atomic mass is 10.0. The maximum Gasteiger partial charge on any atom is 0.341 e. The van der Waals surface area contributed by atoms with Gasteiger partial charge in [0.25, 0.3) is 5.91 Å². The van der Waals surface area contributed by atoms with Crippen molar-refractivity contribution in [3.63, 3.8) is 0 Å². The van der Waals surface area contributed by atoms with E-state index in [2.05, 4.69) is 25.4 Å². The number of hydrogen-bond donors (Lipinski definition) is 3. The van der Waals surface area contributed by atoms with Crippen LogP contribution in [-0.4, -0.2) is 40.2 Å². The van der Waals surface area contributed by atoms with Crippen LogP contribution < -0.4 is 15.9 Å². The van der Waals surface area contributed by atoms with Crippen LogP contribution in [0.15, 0.2) is 29.1 Å². The summed E-state index contributed by atoms with van der Waals surface area (Å²) in [6.07, 6.45) is 1.83. The van der Waals surface area contributed by atoms with Crippen molar-refractivity contribution in [2.75, 3.05) is 18.0 Å². The first-order valence-corrected chi connectivity index (χ1v) is 7.46. The van der Waals surface area contributed by atoms with Gasteiger partial charge in [0.2, 0.25) is 5.82 Å². The summed E-state index contributed by atoms with van der Waals surface area (Å²) in [6.45, 7) is 1.57. The Morgan fingerprint density at radius 3 is 2.95 bits per heavy atom. The first kappa shape index (κ1) is 14.6. The molecule has 8 heteroatoms. The van der Waals surface area contributed by atoms with Crippen molar-refractivity contribution in [3.05, 3.63) is 45.6 Å². The van der Waals surface area contributed by atoms with Gasteiger partial charge < -0.3 is 10.2 Å². The Balaban J connectivity index is 1.67. The molecule has 1 saturated heterocycles. The monoisotopic (exact) mass is 321 g/mol. The van der Waals surface area contributed by atoms with Crippen LogP contribution in [0.2, 0.25) is 5.02 Å². The molecule has 1 fully saturated rings. The fourth-order valence-corrected chi connectivity index (χ4v) is 2.91. The third-order valence-corrected chi connectivity index (χ3v) is 3.99. The minimum atomic E-state index is -0.494. The summed E-state index contributed by atoms with van der Waals surface area (Å²) in [6, 6.07) is 7.64. The van der Waals surface area contributed by atoms with Gasteiger partial charge >= 0.3 is 5.69 Å². The zero-order chi connectivity index (χ0) is 15.5. The number of carbonyl (C=O) groups is 1. The number of piperidine rings is 1. The average molecular weight is 322 g/mol. The van der Waals surface area contributed by atoms with E-state index in [-0.39, 0.29) is 17.8 Å². The van der Waals surface area contributed by atoms with Crippen molar-refractivity contribution in [3.8, 4) is 0 Å². The zero-order valence-electron chi connectivity index (χ0n) is 11.8. The Hall–Kier alpha value is -2.28. The number of amides is 1. The van der Waals surface area contributed by atoms with E-state index in [1.807, 2.05) is 24.3 Å². The zero-order valence-corrected chi connectivity index (χ0v) is 12.6. The minimum Gasteiger partial charge on any atom is -0.368 e. The summed E-state index contributed by atoms with van der Waals surface area (Å²) in [7, 11) is 0. The van der Waals surface area contributed by atoms with E-state index in [9.17, 15) is 9.59 Å². The average Bonchev–Trinajstić information content (AvgIpc) is 2.95. The van der Waals surface area contributed by atoms with E-state index >= 15 is 0 Å². The van der Waals surface area contributed by atoms with Crippen molar-refractivity contribution in [2.45, 2.75) is 18.9 Å². The van der Waals surface area contributed by atoms with Gasteiger partial charge in [-0.2, -0.15) is 0 Å². The number of rotatable bonds is 3. The molecule has 0 radical (unpaired) electrons. The van der Waals surface area contributed by atoms with Crippen molar-refractivity contribution < 1.29 is 4.79 Å². The summed E-state index contributed by atoms with van der Waals surface area (Å²) < 4.78 is 0. The number of nitrogens with zero attached hydrogens (tertiary/aromatic N) is 2. The number of para-hydroxylation sites is 1. The molecular formula is C14H16ClN5O2. The Kier molecular flexibility index (Phi) is 4.15. The third-order valence-electron chi connectivity index (χ3n) is 3.67. The number of halogens is 1. The quantitative estimate of drug-likeness (QED) is 0.790. The van der Waals surface area contributed by atoms with E-state index in [4.69, 9.17) is 11.6 Å². The lowest BCUT2D eigenvalue weighted by molar-refractivity contribution is 0.0923. The van der Waals surface area contributed by atoms with E-state index in [1.165, 1.54) is 0 Å². The summed E-state index contributed by atoms with van der Waals surface area (Å²) in [5.41, 5.74) is 0.475. The van der Waals surface area contributed by atoms with Gasteiger partial charge in [-0.05, 0) is 25.0 Å². The van der Waals surface area contributed by atoms with E-state index < -0.39 is 5.69 Å². The number of carbonyl (C=O) groups excluding carboxylic acids is 1. The van der Waals surface area contributed by atoms with Crippen molar-refractivity contribution in [2.24, 2.45) is 0 Å². The molecule has 3 N–H and O–H groups in total. The molecule has 1 amide bonds. The molecule has 1 aliphatic rings. The molecule has 1 aromatic carbocycles. The van der Waals surface area contributed by atoms with Crippen molar-refractivity contribution in [1.29, 1.82) is 0 Å². The van der Waals surface area contributed by atoms with Gasteiger partial charge in [-0.1, -0.05) is 23.7 Å². The number of aromatic nitrogens is 3. The van der Waals surface area contributed by atoms with Gasteiger partial charge in [0.05, 0.1) is 10.7 Å². The smallest absolute Gasteiger partial charge is 0.341 e. The van der Waals surface area contributed by atoms with Crippen LogP contribution in [0.4, 0.5) is 5.69 Å². The normalized spacial score (nSPS) is 18.2. The highest BCUT2D eigenvalue weighted by Gasteiger charge is 2.24. The number of aromatic amines is 2. The molecule has 0 aliphatic carbocycles. The van der Waals surface area contributed by atoms with Crippen molar-refractivity contribution >= 4 is 23.2 Å². The van der Waals surface area contributed by atoms with Crippen LogP contribution in [0.5, 0.6) is 0 Å². The van der Waals surface area contributed by atoms with E-state index in [0.29, 0.717) is 11.6 Å². The first-order valence-electron chi connectivity index (χ1n) is 7.08. The molecule has 2 heterocycles. The standard InChI is InChI=1S/C14H16ClN5O2/c15-10-5-1-2-6-11(10)20-7-3-4-9(8-20)16-13(21)12-17-14(22)19-18-12/h1-2,5-6,9H,3-4,7-8H2,(H,16,21)(H2,17,18,19,22)/t9-/m0/s1. The second-order valence-electron chi connectivity index (χ2n) is 5.24. The molecule has 7 nitrogen and oxygen atoms in total. The molecule has 2 aromatic rings. The molecule has 1 aliphatic heterocycles. The van der Waals surface area contributed by atoms with Crippen LogP contribution in [0, 0.1) is 0 Å². The second-order valence-corrected chi connectivity index (χ2v) is 5.64. The lowest BCUT2D eigenvalue weighted by Crippen LogP contribution is -2.48. The van der Waals surface area contributed by atoms with Gasteiger partial charge in [-0.3, -0.25) is 9.78 Å². The molecule has 0 unspecified atom stereocenters. The molecule has 1 aromatic heterocycles. The lowest BCUT2D eigenvalue weighted by Gasteiger charge is -2.35. The molecule has 0 spiro atoms. The molecule has 22 heavy (non-hydrogen) atoms. The van der Waals surface area contributed by atoms with Crippen LogP contribution >= 0.6 is 11.6 Å². The molecule has 3 rings (SSSR count). The van der Waals surface area contributed by atoms with E-state index in [0.717, 1.165) is 25.1 Å². The maximum atomic E-state index is 12.0. The minimum absolute atomic E-state index is 0.000123. The molecular weight excluding hydrogens is 306 g/mol. The second kappa shape index (κ2) is 6.23. The molecule has 1 atom stereocenters. The highest BCUT2D eigenvalue weighted by atomic mass is 35.5. The van der Waals surface area contributed by atoms with Gasteiger partial charge in [0.1, 0.15) is 0 Å². The van der Waals surface area contributed by atoms with Gasteiger partial charge in [0.15, 0.2) is 0 Å². The number of benzene rings is 1. The SMILES string of the molecule is O=C(N[C@H]1CCCN(c2ccccc2Cl)C1)c1n[nH]c(=O)[nH]1. The van der Waals surface area contributed by atoms with Crippen molar-refractivity contribution in [1.82, 2.24) is 20.5 Å². The molecule has 0 saturated carbocycles. The van der Waals surface area contributed by atoms with E-state index in [1.54, 1.807) is 0 Å². The van der Waals surface area contributed by atoms with Crippen LogP contribution in [0.1, 0.15) is 23.5 Å². The maximum absolute atomic E-state index is 12.0. The predicted molar refractivity (Wildman–Crippen MR) is 83.4 cm³/mol. The number of nitrogens with one attached hydrogen (secondary N) is 3. The largest absolute Gasteiger partial charge is 0.368 e. The predicted octanol–water partition coefficient (Wildman–Crippen LogP) is 1.15. The Bertz CT molecular complexity index is 726. The van der Waals surface area contributed by atoms with Gasteiger partial charge in [-0.25, -0.2) is 9.89 Å². The fourth-order valence-electron chi connectivity index (χ4n) is 2.65. The summed E-state index contributed by atoms with van der Waals surface area (Å²) >= 11 is 6.23. The third kappa shape index (κ3) is 3.14. The number of hydrogen-bond acceptors (Lipinski definition) is 4. The summed E-state index contributed by atoms with van der Waals surface area (Å²) in [5, 5.41) is 9.40. The van der Waals surface area contributed by atoms with Crippen LogP contribution in [0.3, 0.4) is 0 Å². The highest BCUT2D eigenvalue weighted by molar-refractivity contribution is 6.33. The summed E-state index contributed by atoms with van der Waals surface area (Å²) in [5.74, 6) is -0.385. The van der Waals surface area contributed by atoms with Gasteiger partial charge in [0, 0.05) is 19.1 Å². The van der Waals surface area contributed by atoms with Crippen LogP contribution in [0.25, 0.3) is 0 Å². The van der Waals surface area contributed by atoms with Gasteiger partial charge in [-0.15, -0.1) is 5.10 Å². The number of H-pyrrole nitrogens is 2. The number of anilines is 1. The Morgan fingerprint density at radius 1 is 1.41 bits per heavy atom. The fraction of sp³-hybridized carbons (Fsp3) is 0.357. The highest BCUT2D eigenvalue weighted by Crippen LogP contribution is 2.27. The Morgan fingerprint density at radius 2 is 2.23 bits per heavy atom. The topological polar surface area (TPSA) is 93.9 Å². The Labute approximate surface area is 131 Å². The van der Waals surface area contributed by atoms with Crippen LogP contribution in [-0.2, 0) is 0 Å². The summed E-state index contributed by atoms with van der Waals surface area (Å²) in [4.78, 5) is 27.5.